The molecule has 1 amide bonds. The van der Waals surface area contributed by atoms with Crippen LogP contribution in [0.1, 0.15) is 25.0 Å². The molecule has 0 radical (unpaired) electrons. The molecule has 1 aliphatic heterocycles. The number of nitrogens with one attached hydrogen (secondary N) is 2. The van der Waals surface area contributed by atoms with E-state index in [1.165, 1.54) is 6.26 Å². The van der Waals surface area contributed by atoms with E-state index in [-0.39, 0.29) is 18.0 Å². The highest BCUT2D eigenvalue weighted by Gasteiger charge is 2.21. The van der Waals surface area contributed by atoms with Gasteiger partial charge in [0.25, 0.3) is 0 Å². The number of anilines is 1. The number of carbonyl (C=O) groups excluding carboxylic acids is 1. The fourth-order valence-electron chi connectivity index (χ4n) is 1.68. The van der Waals surface area contributed by atoms with Gasteiger partial charge in [-0.15, -0.1) is 0 Å². The Morgan fingerprint density at radius 2 is 2.53 bits per heavy atom. The van der Waals surface area contributed by atoms with Crippen LogP contribution in [-0.2, 0) is 4.79 Å². The van der Waals surface area contributed by atoms with Crippen LogP contribution in [0.2, 0.25) is 0 Å². The van der Waals surface area contributed by atoms with Gasteiger partial charge in [0.1, 0.15) is 6.26 Å². The first kappa shape index (κ1) is 10.2. The molecule has 0 saturated carbocycles. The van der Waals surface area contributed by atoms with Gasteiger partial charge in [0.15, 0.2) is 0 Å². The molecule has 82 valence electrons. The van der Waals surface area contributed by atoms with Gasteiger partial charge in [0.2, 0.25) is 5.91 Å². The molecule has 1 atom stereocenters. The molecule has 1 aliphatic rings. The zero-order chi connectivity index (χ0) is 10.7. The van der Waals surface area contributed by atoms with Crippen LogP contribution in [0.4, 0.5) is 6.01 Å². The third kappa shape index (κ3) is 2.56. The molecule has 0 aromatic carbocycles. The summed E-state index contributed by atoms with van der Waals surface area (Å²) < 4.78 is 5.05. The quantitative estimate of drug-likeness (QED) is 0.764. The van der Waals surface area contributed by atoms with E-state index in [1.54, 1.807) is 0 Å². The fourth-order valence-corrected chi connectivity index (χ4v) is 1.68. The minimum absolute atomic E-state index is 0.0587. The van der Waals surface area contributed by atoms with Crippen molar-refractivity contribution in [1.29, 1.82) is 0 Å². The van der Waals surface area contributed by atoms with Crippen molar-refractivity contribution in [2.24, 2.45) is 0 Å². The van der Waals surface area contributed by atoms with Gasteiger partial charge in [-0.25, -0.2) is 0 Å². The number of carbonyl (C=O) groups is 1. The Bertz CT molecular complexity index is 342. The summed E-state index contributed by atoms with van der Waals surface area (Å²) in [5, 5.41) is 5.82. The maximum atomic E-state index is 11.7. The minimum atomic E-state index is -0.106. The topological polar surface area (TPSA) is 67.2 Å². The number of amides is 1. The molecular weight excluding hydrogens is 194 g/mol. The highest BCUT2D eigenvalue weighted by Crippen LogP contribution is 2.11. The number of nitrogens with zero attached hydrogens (tertiary/aromatic N) is 1. The highest BCUT2D eigenvalue weighted by molar-refractivity contribution is 5.93. The lowest BCUT2D eigenvalue weighted by Gasteiger charge is -2.21. The van der Waals surface area contributed by atoms with Crippen LogP contribution in [0, 0.1) is 6.92 Å². The zero-order valence-electron chi connectivity index (χ0n) is 8.75. The third-order valence-corrected chi connectivity index (χ3v) is 2.48. The lowest BCUT2D eigenvalue weighted by molar-refractivity contribution is -0.118. The second-order valence-corrected chi connectivity index (χ2v) is 3.79. The number of piperidine rings is 1. The van der Waals surface area contributed by atoms with Crippen LogP contribution in [0.5, 0.6) is 0 Å². The molecule has 0 spiro atoms. The van der Waals surface area contributed by atoms with Crippen molar-refractivity contribution in [3.8, 4) is 0 Å². The smallest absolute Gasteiger partial charge is 0.301 e. The second kappa shape index (κ2) is 4.44. The monoisotopic (exact) mass is 209 g/mol. The van der Waals surface area contributed by atoms with E-state index in [9.17, 15) is 4.79 Å². The Morgan fingerprint density at radius 1 is 1.67 bits per heavy atom. The van der Waals surface area contributed by atoms with E-state index in [1.807, 2.05) is 6.92 Å². The van der Waals surface area contributed by atoms with E-state index in [0.29, 0.717) is 0 Å². The van der Waals surface area contributed by atoms with Crippen LogP contribution < -0.4 is 10.6 Å². The first-order valence-corrected chi connectivity index (χ1v) is 5.22. The standard InChI is InChI=1S/C10H15N3O2/c1-7-6-15-10(12-7)13-9(14)8-4-2-3-5-11-8/h6,8,11H,2-5H2,1H3,(H,12,13,14)/t8-/m0/s1. The number of hydrogen-bond donors (Lipinski definition) is 2. The van der Waals surface area contributed by atoms with Crippen molar-refractivity contribution in [3.63, 3.8) is 0 Å². The Balaban J connectivity index is 1.91. The van der Waals surface area contributed by atoms with Gasteiger partial charge >= 0.3 is 6.01 Å². The second-order valence-electron chi connectivity index (χ2n) is 3.79. The number of oxazole rings is 1. The third-order valence-electron chi connectivity index (χ3n) is 2.48. The van der Waals surface area contributed by atoms with E-state index in [0.717, 1.165) is 31.5 Å². The van der Waals surface area contributed by atoms with Gasteiger partial charge in [-0.05, 0) is 26.3 Å². The van der Waals surface area contributed by atoms with Gasteiger partial charge in [-0.3, -0.25) is 10.1 Å². The van der Waals surface area contributed by atoms with Gasteiger partial charge in [-0.1, -0.05) is 6.42 Å². The average molecular weight is 209 g/mol. The summed E-state index contributed by atoms with van der Waals surface area (Å²) in [6.45, 7) is 2.72. The average Bonchev–Trinajstić information content (AvgIpc) is 2.65. The Morgan fingerprint density at radius 3 is 3.13 bits per heavy atom. The van der Waals surface area contributed by atoms with Crippen molar-refractivity contribution in [2.45, 2.75) is 32.2 Å². The van der Waals surface area contributed by atoms with Crippen LogP contribution in [0.25, 0.3) is 0 Å². The number of aromatic nitrogens is 1. The van der Waals surface area contributed by atoms with Crippen molar-refractivity contribution in [3.05, 3.63) is 12.0 Å². The fraction of sp³-hybridized carbons (Fsp3) is 0.600. The summed E-state index contributed by atoms with van der Waals surface area (Å²) in [6, 6.07) is 0.177. The summed E-state index contributed by atoms with van der Waals surface area (Å²) in [5.41, 5.74) is 0.766. The first-order chi connectivity index (χ1) is 7.25. The van der Waals surface area contributed by atoms with Crippen molar-refractivity contribution in [1.82, 2.24) is 10.3 Å². The van der Waals surface area contributed by atoms with Crippen LogP contribution in [0.3, 0.4) is 0 Å². The number of aryl methyl sites for hydroxylation is 1. The van der Waals surface area contributed by atoms with E-state index in [2.05, 4.69) is 15.6 Å². The molecule has 2 heterocycles. The maximum Gasteiger partial charge on any atom is 0.301 e. The Kier molecular flexibility index (Phi) is 3.01. The zero-order valence-corrected chi connectivity index (χ0v) is 8.75. The summed E-state index contributed by atoms with van der Waals surface area (Å²) >= 11 is 0. The minimum Gasteiger partial charge on any atom is -0.432 e. The van der Waals surface area contributed by atoms with Gasteiger partial charge in [-0.2, -0.15) is 4.98 Å². The van der Waals surface area contributed by atoms with Gasteiger partial charge in [0.05, 0.1) is 11.7 Å². The SMILES string of the molecule is Cc1coc(NC(=O)[C@@H]2CCCCN2)n1. The van der Waals surface area contributed by atoms with Crippen LogP contribution in [-0.4, -0.2) is 23.5 Å². The molecule has 0 bridgehead atoms. The molecule has 2 N–H and O–H groups in total. The number of hydrogen-bond acceptors (Lipinski definition) is 4. The maximum absolute atomic E-state index is 11.7. The molecule has 1 saturated heterocycles. The van der Waals surface area contributed by atoms with E-state index >= 15 is 0 Å². The molecule has 1 aromatic rings. The van der Waals surface area contributed by atoms with Crippen molar-refractivity contribution in [2.75, 3.05) is 11.9 Å². The lowest BCUT2D eigenvalue weighted by Crippen LogP contribution is -2.43. The van der Waals surface area contributed by atoms with E-state index < -0.39 is 0 Å². The number of rotatable bonds is 2. The van der Waals surface area contributed by atoms with E-state index in [4.69, 9.17) is 4.42 Å². The molecule has 5 heteroatoms. The van der Waals surface area contributed by atoms with Crippen molar-refractivity contribution < 1.29 is 9.21 Å². The Labute approximate surface area is 88.3 Å². The van der Waals surface area contributed by atoms with Gasteiger partial charge < -0.3 is 9.73 Å². The molecule has 5 nitrogen and oxygen atoms in total. The highest BCUT2D eigenvalue weighted by atomic mass is 16.4. The molecule has 15 heavy (non-hydrogen) atoms. The van der Waals surface area contributed by atoms with Gasteiger partial charge in [0, 0.05) is 0 Å². The summed E-state index contributed by atoms with van der Waals surface area (Å²) in [6.07, 6.45) is 4.63. The first-order valence-electron chi connectivity index (χ1n) is 5.22. The molecule has 1 fully saturated rings. The molecule has 0 unspecified atom stereocenters. The summed E-state index contributed by atoms with van der Waals surface area (Å²) in [5.74, 6) is -0.0587. The largest absolute Gasteiger partial charge is 0.432 e. The van der Waals surface area contributed by atoms with Crippen molar-refractivity contribution >= 4 is 11.9 Å². The Hall–Kier alpha value is -1.36. The predicted octanol–water partition coefficient (Wildman–Crippen LogP) is 1.06. The molecule has 2 rings (SSSR count). The summed E-state index contributed by atoms with van der Waals surface area (Å²) in [7, 11) is 0. The molecule has 0 aliphatic carbocycles. The van der Waals surface area contributed by atoms with Crippen LogP contribution in [0.15, 0.2) is 10.7 Å². The molecular formula is C10H15N3O2. The predicted molar refractivity (Wildman–Crippen MR) is 55.5 cm³/mol. The van der Waals surface area contributed by atoms with Crippen LogP contribution >= 0.6 is 0 Å². The molecule has 1 aromatic heterocycles. The summed E-state index contributed by atoms with van der Waals surface area (Å²) in [4.78, 5) is 15.7. The normalized spacial score (nSPS) is 21.3. The lowest BCUT2D eigenvalue weighted by atomic mass is 10.0.